The van der Waals surface area contributed by atoms with Gasteiger partial charge >= 0.3 is 0 Å². The number of nitro groups is 1. The molecule has 1 N–H and O–H groups in total. The molecule has 1 aliphatic heterocycles. The molecule has 120 valence electrons. The number of ether oxygens (including phenoxy) is 1. The van der Waals surface area contributed by atoms with Crippen LogP contribution in [0.3, 0.4) is 0 Å². The SMILES string of the molecule is CCN(CC)c1ccc2c(c1)Oc1cc([N+](=O)[O-])ccc1N2O. The molecule has 0 unspecified atom stereocenters. The van der Waals surface area contributed by atoms with E-state index in [1.165, 1.54) is 18.2 Å². The van der Waals surface area contributed by atoms with Crippen molar-refractivity contribution in [2.75, 3.05) is 23.1 Å². The first-order valence-electron chi connectivity index (χ1n) is 7.39. The fourth-order valence-corrected chi connectivity index (χ4v) is 2.67. The van der Waals surface area contributed by atoms with Gasteiger partial charge in [-0.3, -0.25) is 15.3 Å². The predicted molar refractivity (Wildman–Crippen MR) is 87.1 cm³/mol. The molecule has 1 heterocycles. The first kappa shape index (κ1) is 15.1. The molecule has 2 aromatic carbocycles. The highest BCUT2D eigenvalue weighted by molar-refractivity contribution is 5.78. The highest BCUT2D eigenvalue weighted by Crippen LogP contribution is 2.47. The van der Waals surface area contributed by atoms with E-state index in [4.69, 9.17) is 4.74 Å². The number of anilines is 3. The maximum atomic E-state index is 10.9. The fraction of sp³-hybridized carbons (Fsp3) is 0.250. The second-order valence-electron chi connectivity index (χ2n) is 5.15. The van der Waals surface area contributed by atoms with Crippen molar-refractivity contribution >= 4 is 22.7 Å². The lowest BCUT2D eigenvalue weighted by molar-refractivity contribution is -0.384. The molecule has 0 aromatic heterocycles. The van der Waals surface area contributed by atoms with Gasteiger partial charge in [-0.05, 0) is 32.0 Å². The zero-order valence-corrected chi connectivity index (χ0v) is 12.9. The van der Waals surface area contributed by atoms with Gasteiger partial charge in [0.05, 0.1) is 11.0 Å². The third-order valence-electron chi connectivity index (χ3n) is 3.90. The van der Waals surface area contributed by atoms with Gasteiger partial charge in [-0.25, -0.2) is 5.06 Å². The molecule has 0 saturated carbocycles. The van der Waals surface area contributed by atoms with E-state index in [1.807, 2.05) is 12.1 Å². The van der Waals surface area contributed by atoms with Crippen LogP contribution in [0, 0.1) is 10.1 Å². The zero-order valence-electron chi connectivity index (χ0n) is 12.9. The van der Waals surface area contributed by atoms with E-state index in [-0.39, 0.29) is 11.4 Å². The maximum Gasteiger partial charge on any atom is 0.273 e. The number of hydrogen-bond acceptors (Lipinski definition) is 6. The molecular weight excluding hydrogens is 298 g/mol. The molecular formula is C16H17N3O4. The Balaban J connectivity index is 2.03. The standard InChI is InChI=1S/C16H17N3O4/c1-3-17(4-2)11-5-7-13-15(9-11)23-16-10-12(19(21)22)6-8-14(16)18(13)20/h5-10,20H,3-4H2,1-2H3. The lowest BCUT2D eigenvalue weighted by atomic mass is 10.1. The van der Waals surface area contributed by atoms with Crippen molar-refractivity contribution in [3.63, 3.8) is 0 Å². The van der Waals surface area contributed by atoms with E-state index >= 15 is 0 Å². The minimum Gasteiger partial charge on any atom is -0.452 e. The molecule has 0 spiro atoms. The molecule has 0 aliphatic carbocycles. The molecule has 3 rings (SSSR count). The number of nitrogens with zero attached hydrogens (tertiary/aromatic N) is 3. The van der Waals surface area contributed by atoms with E-state index in [0.29, 0.717) is 17.1 Å². The van der Waals surface area contributed by atoms with Gasteiger partial charge in [0.15, 0.2) is 11.5 Å². The molecule has 2 aromatic rings. The van der Waals surface area contributed by atoms with Crippen molar-refractivity contribution in [3.05, 3.63) is 46.5 Å². The minimum absolute atomic E-state index is 0.0829. The molecule has 0 fully saturated rings. The summed E-state index contributed by atoms with van der Waals surface area (Å²) < 4.78 is 5.79. The van der Waals surface area contributed by atoms with Gasteiger partial charge < -0.3 is 9.64 Å². The average molecular weight is 315 g/mol. The summed E-state index contributed by atoms with van der Waals surface area (Å²) in [5.74, 6) is 0.718. The fourth-order valence-electron chi connectivity index (χ4n) is 2.67. The number of fused-ring (bicyclic) bond motifs is 2. The van der Waals surface area contributed by atoms with E-state index in [0.717, 1.165) is 23.8 Å². The summed E-state index contributed by atoms with van der Waals surface area (Å²) in [5, 5.41) is 22.2. The van der Waals surface area contributed by atoms with Crippen LogP contribution >= 0.6 is 0 Å². The van der Waals surface area contributed by atoms with E-state index < -0.39 is 4.92 Å². The van der Waals surface area contributed by atoms with Crippen molar-refractivity contribution in [2.24, 2.45) is 0 Å². The van der Waals surface area contributed by atoms with Crippen LogP contribution in [0.4, 0.5) is 22.7 Å². The highest BCUT2D eigenvalue weighted by atomic mass is 16.6. The third-order valence-corrected chi connectivity index (χ3v) is 3.90. The van der Waals surface area contributed by atoms with Crippen LogP contribution in [0.15, 0.2) is 36.4 Å². The van der Waals surface area contributed by atoms with Crippen molar-refractivity contribution in [1.82, 2.24) is 0 Å². The topological polar surface area (TPSA) is 79.1 Å². The third kappa shape index (κ3) is 2.55. The van der Waals surface area contributed by atoms with Crippen LogP contribution < -0.4 is 14.7 Å². The summed E-state index contributed by atoms with van der Waals surface area (Å²) >= 11 is 0. The molecule has 0 atom stereocenters. The summed E-state index contributed by atoms with van der Waals surface area (Å²) in [7, 11) is 0. The van der Waals surface area contributed by atoms with E-state index in [1.54, 1.807) is 6.07 Å². The minimum atomic E-state index is -0.493. The normalized spacial score (nSPS) is 12.2. The summed E-state index contributed by atoms with van der Waals surface area (Å²) in [5.41, 5.74) is 1.76. The van der Waals surface area contributed by atoms with Gasteiger partial charge in [-0.1, -0.05) is 0 Å². The Morgan fingerprint density at radius 1 is 1.13 bits per heavy atom. The predicted octanol–water partition coefficient (Wildman–Crippen LogP) is 4.07. The number of non-ortho nitro benzene ring substituents is 1. The van der Waals surface area contributed by atoms with Gasteiger partial charge in [-0.2, -0.15) is 0 Å². The van der Waals surface area contributed by atoms with Crippen molar-refractivity contribution in [2.45, 2.75) is 13.8 Å². The zero-order chi connectivity index (χ0) is 16.6. The van der Waals surface area contributed by atoms with Crippen molar-refractivity contribution < 1.29 is 14.9 Å². The summed E-state index contributed by atoms with van der Waals surface area (Å²) in [6.07, 6.45) is 0. The smallest absolute Gasteiger partial charge is 0.273 e. The molecule has 7 nitrogen and oxygen atoms in total. The van der Waals surface area contributed by atoms with Crippen molar-refractivity contribution in [1.29, 1.82) is 0 Å². The second-order valence-corrected chi connectivity index (χ2v) is 5.15. The summed E-state index contributed by atoms with van der Waals surface area (Å²) in [6, 6.07) is 9.62. The molecule has 0 amide bonds. The molecule has 23 heavy (non-hydrogen) atoms. The van der Waals surface area contributed by atoms with Crippen LogP contribution in [-0.2, 0) is 0 Å². The van der Waals surface area contributed by atoms with E-state index in [9.17, 15) is 15.3 Å². The maximum absolute atomic E-state index is 10.9. The highest BCUT2D eigenvalue weighted by Gasteiger charge is 2.26. The molecule has 0 radical (unpaired) electrons. The Morgan fingerprint density at radius 2 is 1.74 bits per heavy atom. The Morgan fingerprint density at radius 3 is 2.35 bits per heavy atom. The summed E-state index contributed by atoms with van der Waals surface area (Å²) in [4.78, 5) is 12.6. The Bertz CT molecular complexity index is 759. The first-order valence-corrected chi connectivity index (χ1v) is 7.39. The van der Waals surface area contributed by atoms with Gasteiger partial charge in [-0.15, -0.1) is 0 Å². The lowest BCUT2D eigenvalue weighted by Crippen LogP contribution is -2.22. The van der Waals surface area contributed by atoms with Crippen LogP contribution in [-0.4, -0.2) is 23.2 Å². The summed E-state index contributed by atoms with van der Waals surface area (Å²) in [6.45, 7) is 5.81. The van der Waals surface area contributed by atoms with Crippen LogP contribution in [0.5, 0.6) is 11.5 Å². The molecule has 1 aliphatic rings. The van der Waals surface area contributed by atoms with Gasteiger partial charge in [0, 0.05) is 30.9 Å². The van der Waals surface area contributed by atoms with Crippen molar-refractivity contribution in [3.8, 4) is 11.5 Å². The Labute approximate surface area is 133 Å². The van der Waals surface area contributed by atoms with Gasteiger partial charge in [0.1, 0.15) is 11.4 Å². The monoisotopic (exact) mass is 315 g/mol. The lowest BCUT2D eigenvalue weighted by Gasteiger charge is -2.29. The quantitative estimate of drug-likeness (QED) is 0.676. The number of nitro benzene ring substituents is 1. The molecule has 0 bridgehead atoms. The number of benzene rings is 2. The first-order chi connectivity index (χ1) is 11.0. The number of hydrogen-bond donors (Lipinski definition) is 1. The molecule has 7 heteroatoms. The average Bonchev–Trinajstić information content (AvgIpc) is 2.55. The van der Waals surface area contributed by atoms with Crippen LogP contribution in [0.25, 0.3) is 0 Å². The van der Waals surface area contributed by atoms with Gasteiger partial charge in [0.25, 0.3) is 5.69 Å². The van der Waals surface area contributed by atoms with E-state index in [2.05, 4.69) is 18.7 Å². The second kappa shape index (κ2) is 5.77. The molecule has 0 saturated heterocycles. The van der Waals surface area contributed by atoms with Crippen LogP contribution in [0.1, 0.15) is 13.8 Å². The van der Waals surface area contributed by atoms with Gasteiger partial charge in [0.2, 0.25) is 0 Å². The Kier molecular flexibility index (Phi) is 3.79. The Hall–Kier alpha value is -2.80. The van der Waals surface area contributed by atoms with Crippen LogP contribution in [0.2, 0.25) is 0 Å². The largest absolute Gasteiger partial charge is 0.452 e. The number of rotatable bonds is 4.